The van der Waals surface area contributed by atoms with Crippen molar-refractivity contribution in [2.24, 2.45) is 0 Å². The number of halogens is 1. The van der Waals surface area contributed by atoms with Crippen LogP contribution in [-0.2, 0) is 4.79 Å². The minimum Gasteiger partial charge on any atom is -0.295 e. The van der Waals surface area contributed by atoms with E-state index in [2.05, 4.69) is 0 Å². The fraction of sp³-hybridized carbons (Fsp3) is 0.250. The van der Waals surface area contributed by atoms with Gasteiger partial charge in [-0.05, 0) is 23.8 Å². The van der Waals surface area contributed by atoms with Crippen molar-refractivity contribution in [2.75, 3.05) is 5.88 Å². The summed E-state index contributed by atoms with van der Waals surface area (Å²) in [7, 11) is 0. The minimum absolute atomic E-state index is 0.0154. The molecule has 0 N–H and O–H groups in total. The molecule has 1 rings (SSSR count). The summed E-state index contributed by atoms with van der Waals surface area (Å²) in [5, 5.41) is 10.5. The SMILES string of the molecule is CCC(=O)/C(=C/c1ccc([N+](=O)[O-])cc1)CCl. The Kier molecular flexibility index (Phi) is 4.84. The van der Waals surface area contributed by atoms with Crippen molar-refractivity contribution in [3.63, 3.8) is 0 Å². The molecule has 0 spiro atoms. The van der Waals surface area contributed by atoms with Crippen LogP contribution >= 0.6 is 11.6 Å². The number of nitro benzene ring substituents is 1. The molecule has 0 aliphatic carbocycles. The highest BCUT2D eigenvalue weighted by molar-refractivity contribution is 6.23. The first-order valence-corrected chi connectivity index (χ1v) is 5.66. The van der Waals surface area contributed by atoms with E-state index in [1.165, 1.54) is 12.1 Å². The number of allylic oxidation sites excluding steroid dienone is 1. The maximum atomic E-state index is 11.5. The van der Waals surface area contributed by atoms with E-state index in [0.29, 0.717) is 12.0 Å². The topological polar surface area (TPSA) is 60.2 Å². The van der Waals surface area contributed by atoms with E-state index >= 15 is 0 Å². The van der Waals surface area contributed by atoms with E-state index in [0.717, 1.165) is 5.56 Å². The lowest BCUT2D eigenvalue weighted by Crippen LogP contribution is -2.01. The molecule has 0 unspecified atom stereocenters. The Morgan fingerprint density at radius 3 is 2.41 bits per heavy atom. The highest BCUT2D eigenvalue weighted by atomic mass is 35.5. The number of hydrogen-bond acceptors (Lipinski definition) is 3. The number of Topliss-reactive ketones (excluding diaryl/α,β-unsaturated/α-hetero) is 1. The van der Waals surface area contributed by atoms with Gasteiger partial charge < -0.3 is 0 Å². The molecule has 5 heteroatoms. The Morgan fingerprint density at radius 2 is 2.00 bits per heavy atom. The average Bonchev–Trinajstić information content (AvgIpc) is 2.35. The smallest absolute Gasteiger partial charge is 0.269 e. The summed E-state index contributed by atoms with van der Waals surface area (Å²) in [4.78, 5) is 21.5. The number of rotatable bonds is 5. The van der Waals surface area contributed by atoms with Crippen LogP contribution in [0.3, 0.4) is 0 Å². The maximum Gasteiger partial charge on any atom is 0.269 e. The summed E-state index contributed by atoms with van der Waals surface area (Å²) < 4.78 is 0. The molecule has 0 heterocycles. The zero-order chi connectivity index (χ0) is 12.8. The van der Waals surface area contributed by atoms with Gasteiger partial charge in [0, 0.05) is 24.1 Å². The molecule has 1 aromatic rings. The van der Waals surface area contributed by atoms with Crippen molar-refractivity contribution in [2.45, 2.75) is 13.3 Å². The second-order valence-corrected chi connectivity index (χ2v) is 3.70. The summed E-state index contributed by atoms with van der Waals surface area (Å²) in [6.45, 7) is 1.76. The minimum atomic E-state index is -0.465. The Balaban J connectivity index is 2.97. The Labute approximate surface area is 104 Å². The van der Waals surface area contributed by atoms with E-state index in [4.69, 9.17) is 11.6 Å². The lowest BCUT2D eigenvalue weighted by molar-refractivity contribution is -0.384. The van der Waals surface area contributed by atoms with Crippen molar-refractivity contribution < 1.29 is 9.72 Å². The molecule has 90 valence electrons. The van der Waals surface area contributed by atoms with Crippen LogP contribution < -0.4 is 0 Å². The summed E-state index contributed by atoms with van der Waals surface area (Å²) in [5.74, 6) is 0.127. The molecule has 17 heavy (non-hydrogen) atoms. The summed E-state index contributed by atoms with van der Waals surface area (Å²) in [6.07, 6.45) is 2.05. The van der Waals surface area contributed by atoms with Gasteiger partial charge in [-0.1, -0.05) is 6.92 Å². The van der Waals surface area contributed by atoms with E-state index < -0.39 is 4.92 Å². The number of ketones is 1. The Hall–Kier alpha value is -1.68. The van der Waals surface area contributed by atoms with E-state index in [1.54, 1.807) is 25.1 Å². The molecule has 0 saturated carbocycles. The Morgan fingerprint density at radius 1 is 1.41 bits per heavy atom. The summed E-state index contributed by atoms with van der Waals surface area (Å²) in [5.41, 5.74) is 1.27. The van der Waals surface area contributed by atoms with Gasteiger partial charge in [0.15, 0.2) is 5.78 Å². The van der Waals surface area contributed by atoms with Crippen LogP contribution in [0.2, 0.25) is 0 Å². The lowest BCUT2D eigenvalue weighted by atomic mass is 10.1. The predicted molar refractivity (Wildman–Crippen MR) is 67.1 cm³/mol. The molecule has 0 saturated heterocycles. The van der Waals surface area contributed by atoms with E-state index in [-0.39, 0.29) is 17.4 Å². The first kappa shape index (κ1) is 13.4. The predicted octanol–water partition coefficient (Wildman–Crippen LogP) is 3.20. The van der Waals surface area contributed by atoms with Gasteiger partial charge in [0.25, 0.3) is 5.69 Å². The molecule has 0 aromatic heterocycles. The van der Waals surface area contributed by atoms with Gasteiger partial charge in [0.2, 0.25) is 0 Å². The van der Waals surface area contributed by atoms with Gasteiger partial charge in [0.1, 0.15) is 0 Å². The van der Waals surface area contributed by atoms with Crippen molar-refractivity contribution in [3.8, 4) is 0 Å². The first-order chi connectivity index (χ1) is 8.08. The molecule has 0 radical (unpaired) electrons. The van der Waals surface area contributed by atoms with Gasteiger partial charge in [-0.15, -0.1) is 11.6 Å². The number of benzene rings is 1. The number of carbonyl (C=O) groups is 1. The van der Waals surface area contributed by atoms with Gasteiger partial charge >= 0.3 is 0 Å². The van der Waals surface area contributed by atoms with Gasteiger partial charge in [-0.2, -0.15) is 0 Å². The number of hydrogen-bond donors (Lipinski definition) is 0. The number of nitrogens with zero attached hydrogens (tertiary/aromatic N) is 1. The number of nitro groups is 1. The number of alkyl halides is 1. The van der Waals surface area contributed by atoms with Gasteiger partial charge in [-0.25, -0.2) is 0 Å². The number of carbonyl (C=O) groups excluding carboxylic acids is 1. The third-order valence-electron chi connectivity index (χ3n) is 2.27. The molecule has 0 atom stereocenters. The first-order valence-electron chi connectivity index (χ1n) is 5.12. The zero-order valence-electron chi connectivity index (χ0n) is 9.35. The fourth-order valence-electron chi connectivity index (χ4n) is 1.31. The molecular weight excluding hydrogens is 242 g/mol. The highest BCUT2D eigenvalue weighted by Gasteiger charge is 2.07. The monoisotopic (exact) mass is 253 g/mol. The summed E-state index contributed by atoms with van der Waals surface area (Å²) in [6, 6.07) is 5.98. The molecule has 1 aromatic carbocycles. The molecule has 0 fully saturated rings. The number of non-ortho nitro benzene ring substituents is 1. The van der Waals surface area contributed by atoms with E-state index in [9.17, 15) is 14.9 Å². The quantitative estimate of drug-likeness (QED) is 0.350. The van der Waals surface area contributed by atoms with Crippen molar-refractivity contribution in [1.29, 1.82) is 0 Å². The van der Waals surface area contributed by atoms with Crippen LogP contribution in [0.1, 0.15) is 18.9 Å². The van der Waals surface area contributed by atoms with Crippen molar-refractivity contribution in [1.82, 2.24) is 0 Å². The lowest BCUT2D eigenvalue weighted by Gasteiger charge is -2.00. The van der Waals surface area contributed by atoms with Gasteiger partial charge in [-0.3, -0.25) is 14.9 Å². The van der Waals surface area contributed by atoms with Gasteiger partial charge in [0.05, 0.1) is 10.8 Å². The zero-order valence-corrected chi connectivity index (χ0v) is 10.1. The van der Waals surface area contributed by atoms with Crippen LogP contribution in [-0.4, -0.2) is 16.6 Å². The highest BCUT2D eigenvalue weighted by Crippen LogP contribution is 2.15. The molecule has 4 nitrogen and oxygen atoms in total. The third kappa shape index (κ3) is 3.67. The standard InChI is InChI=1S/C12H12ClNO3/c1-2-12(15)10(8-13)7-9-3-5-11(6-4-9)14(16)17/h3-7H,2,8H2,1H3/b10-7+. The van der Waals surface area contributed by atoms with Crippen LogP contribution in [0.15, 0.2) is 29.8 Å². The summed E-state index contributed by atoms with van der Waals surface area (Å²) >= 11 is 5.68. The molecule has 0 aliphatic heterocycles. The van der Waals surface area contributed by atoms with Crippen LogP contribution in [0.5, 0.6) is 0 Å². The van der Waals surface area contributed by atoms with Crippen molar-refractivity contribution in [3.05, 3.63) is 45.5 Å². The van der Waals surface area contributed by atoms with Crippen LogP contribution in [0, 0.1) is 10.1 Å². The van der Waals surface area contributed by atoms with Crippen LogP contribution in [0.4, 0.5) is 5.69 Å². The van der Waals surface area contributed by atoms with E-state index in [1.807, 2.05) is 0 Å². The second-order valence-electron chi connectivity index (χ2n) is 3.43. The molecule has 0 bridgehead atoms. The maximum absolute atomic E-state index is 11.5. The molecule has 0 amide bonds. The van der Waals surface area contributed by atoms with Crippen LogP contribution in [0.25, 0.3) is 6.08 Å². The third-order valence-corrected chi connectivity index (χ3v) is 2.56. The molecular formula is C12H12ClNO3. The van der Waals surface area contributed by atoms with Crippen molar-refractivity contribution >= 4 is 29.1 Å². The average molecular weight is 254 g/mol. The normalized spacial score (nSPS) is 11.3. The fourth-order valence-corrected chi connectivity index (χ4v) is 1.54. The second kappa shape index (κ2) is 6.15. The largest absolute Gasteiger partial charge is 0.295 e. The Bertz CT molecular complexity index is 451. The molecule has 0 aliphatic rings.